The second kappa shape index (κ2) is 4.97. The molecule has 3 nitrogen and oxygen atoms in total. The van der Waals surface area contributed by atoms with E-state index in [9.17, 15) is 4.79 Å². The summed E-state index contributed by atoms with van der Waals surface area (Å²) in [6, 6.07) is 8.44. The maximum absolute atomic E-state index is 11.1. The summed E-state index contributed by atoms with van der Waals surface area (Å²) >= 11 is 0. The second-order valence-electron chi connectivity index (χ2n) is 6.65. The van der Waals surface area contributed by atoms with E-state index in [0.29, 0.717) is 12.8 Å². The van der Waals surface area contributed by atoms with Gasteiger partial charge in [0.2, 0.25) is 0 Å². The van der Waals surface area contributed by atoms with E-state index in [1.807, 2.05) is 0 Å². The molecule has 0 aromatic heterocycles. The van der Waals surface area contributed by atoms with Crippen molar-refractivity contribution in [2.24, 2.45) is 11.7 Å². The second-order valence-corrected chi connectivity index (χ2v) is 6.65. The normalized spacial score (nSPS) is 27.5. The molecule has 1 aliphatic carbocycles. The molecule has 0 amide bonds. The van der Waals surface area contributed by atoms with Crippen LogP contribution in [-0.4, -0.2) is 17.1 Å². The zero-order valence-electron chi connectivity index (χ0n) is 11.9. The fourth-order valence-electron chi connectivity index (χ4n) is 2.89. The molecular formula is C16H23NO2. The quantitative estimate of drug-likeness (QED) is 0.860. The fraction of sp³-hybridized carbons (Fsp3) is 0.562. The van der Waals surface area contributed by atoms with Gasteiger partial charge in [0.25, 0.3) is 0 Å². The van der Waals surface area contributed by atoms with Crippen LogP contribution in [0.5, 0.6) is 0 Å². The molecule has 3 atom stereocenters. The molecule has 3 heteroatoms. The van der Waals surface area contributed by atoms with Gasteiger partial charge in [0.15, 0.2) is 0 Å². The average Bonchev–Trinajstić information content (AvgIpc) is 2.70. The molecule has 1 aliphatic rings. The Labute approximate surface area is 114 Å². The third kappa shape index (κ3) is 2.98. The molecule has 3 N–H and O–H groups in total. The number of hydrogen-bond acceptors (Lipinski definition) is 2. The molecule has 2 rings (SSSR count). The Kier molecular flexibility index (Phi) is 3.68. The third-order valence-electron chi connectivity index (χ3n) is 4.17. The molecule has 0 spiro atoms. The van der Waals surface area contributed by atoms with E-state index in [0.717, 1.165) is 0 Å². The van der Waals surface area contributed by atoms with Gasteiger partial charge in [0.1, 0.15) is 0 Å². The van der Waals surface area contributed by atoms with E-state index in [1.165, 1.54) is 11.1 Å². The summed E-state index contributed by atoms with van der Waals surface area (Å²) in [5.41, 5.74) is 8.70. The van der Waals surface area contributed by atoms with Gasteiger partial charge in [-0.3, -0.25) is 4.79 Å². The van der Waals surface area contributed by atoms with Crippen LogP contribution >= 0.6 is 0 Å². The van der Waals surface area contributed by atoms with Crippen LogP contribution in [0.1, 0.15) is 50.7 Å². The summed E-state index contributed by atoms with van der Waals surface area (Å²) < 4.78 is 0. The SMILES string of the molecule is CC(C)(C)c1ccc([C@@H]2C[C@@H](C(=O)O)C[C@H]2N)cc1. The van der Waals surface area contributed by atoms with Gasteiger partial charge < -0.3 is 10.8 Å². The average molecular weight is 261 g/mol. The van der Waals surface area contributed by atoms with Crippen molar-refractivity contribution in [1.82, 2.24) is 0 Å². The Morgan fingerprint density at radius 3 is 2.21 bits per heavy atom. The van der Waals surface area contributed by atoms with Crippen molar-refractivity contribution < 1.29 is 9.90 Å². The largest absolute Gasteiger partial charge is 0.481 e. The number of rotatable bonds is 2. The maximum atomic E-state index is 11.1. The third-order valence-corrected chi connectivity index (χ3v) is 4.17. The first kappa shape index (κ1) is 14.1. The monoisotopic (exact) mass is 261 g/mol. The number of carboxylic acid groups (broad SMARTS) is 1. The summed E-state index contributed by atoms with van der Waals surface area (Å²) in [5.74, 6) is -0.832. The maximum Gasteiger partial charge on any atom is 0.306 e. The van der Waals surface area contributed by atoms with Gasteiger partial charge in [-0.1, -0.05) is 45.0 Å². The standard InChI is InChI=1S/C16H23NO2/c1-16(2,3)12-6-4-10(5-7-12)13-8-11(15(18)19)9-14(13)17/h4-7,11,13-14H,8-9,17H2,1-3H3,(H,18,19)/t11-,13+,14-/m1/s1. The van der Waals surface area contributed by atoms with Crippen LogP contribution in [0, 0.1) is 5.92 Å². The zero-order chi connectivity index (χ0) is 14.2. The van der Waals surface area contributed by atoms with Crippen molar-refractivity contribution in [3.63, 3.8) is 0 Å². The lowest BCUT2D eigenvalue weighted by Crippen LogP contribution is -2.23. The van der Waals surface area contributed by atoms with Crippen LogP contribution in [0.15, 0.2) is 24.3 Å². The van der Waals surface area contributed by atoms with Crippen molar-refractivity contribution in [3.8, 4) is 0 Å². The Morgan fingerprint density at radius 1 is 1.21 bits per heavy atom. The molecule has 0 radical (unpaired) electrons. The highest BCUT2D eigenvalue weighted by molar-refractivity contribution is 5.70. The number of nitrogens with two attached hydrogens (primary N) is 1. The number of hydrogen-bond donors (Lipinski definition) is 2. The molecule has 0 unspecified atom stereocenters. The van der Waals surface area contributed by atoms with Gasteiger partial charge in [0.05, 0.1) is 5.92 Å². The van der Waals surface area contributed by atoms with Crippen molar-refractivity contribution in [3.05, 3.63) is 35.4 Å². The molecule has 0 bridgehead atoms. The molecule has 1 aromatic rings. The van der Waals surface area contributed by atoms with Crippen LogP contribution in [0.3, 0.4) is 0 Å². The molecule has 19 heavy (non-hydrogen) atoms. The highest BCUT2D eigenvalue weighted by Gasteiger charge is 2.36. The van der Waals surface area contributed by atoms with Crippen LogP contribution < -0.4 is 5.73 Å². The van der Waals surface area contributed by atoms with E-state index in [4.69, 9.17) is 10.8 Å². The number of carbonyl (C=O) groups is 1. The van der Waals surface area contributed by atoms with Crippen molar-refractivity contribution in [2.75, 3.05) is 0 Å². The van der Waals surface area contributed by atoms with Crippen molar-refractivity contribution >= 4 is 5.97 Å². The Balaban J connectivity index is 2.17. The number of aliphatic carboxylic acids is 1. The molecule has 0 heterocycles. The summed E-state index contributed by atoms with van der Waals surface area (Å²) in [4.78, 5) is 11.1. The van der Waals surface area contributed by atoms with E-state index < -0.39 is 5.97 Å². The summed E-state index contributed by atoms with van der Waals surface area (Å²) in [6.07, 6.45) is 1.24. The van der Waals surface area contributed by atoms with Crippen molar-refractivity contribution in [1.29, 1.82) is 0 Å². The van der Waals surface area contributed by atoms with Gasteiger partial charge in [-0.05, 0) is 35.3 Å². The zero-order valence-corrected chi connectivity index (χ0v) is 11.9. The Bertz CT molecular complexity index is 459. The molecule has 0 saturated heterocycles. The van der Waals surface area contributed by atoms with Crippen LogP contribution in [0.4, 0.5) is 0 Å². The first-order valence-corrected chi connectivity index (χ1v) is 6.88. The van der Waals surface area contributed by atoms with Crippen molar-refractivity contribution in [2.45, 2.75) is 51.0 Å². The lowest BCUT2D eigenvalue weighted by molar-refractivity contribution is -0.141. The number of carboxylic acids is 1. The molecular weight excluding hydrogens is 238 g/mol. The minimum Gasteiger partial charge on any atom is -0.481 e. The summed E-state index contributed by atoms with van der Waals surface area (Å²) in [7, 11) is 0. The topological polar surface area (TPSA) is 63.3 Å². The smallest absolute Gasteiger partial charge is 0.306 e. The molecule has 1 fully saturated rings. The Morgan fingerprint density at radius 2 is 1.79 bits per heavy atom. The molecule has 1 saturated carbocycles. The van der Waals surface area contributed by atoms with Crippen LogP contribution in [0.25, 0.3) is 0 Å². The fourth-order valence-corrected chi connectivity index (χ4v) is 2.89. The summed E-state index contributed by atoms with van der Waals surface area (Å²) in [5, 5.41) is 9.09. The van der Waals surface area contributed by atoms with E-state index >= 15 is 0 Å². The minimum atomic E-state index is -0.718. The first-order valence-electron chi connectivity index (χ1n) is 6.88. The predicted molar refractivity (Wildman–Crippen MR) is 76.2 cm³/mol. The molecule has 1 aromatic carbocycles. The predicted octanol–water partition coefficient (Wildman–Crippen LogP) is 2.89. The van der Waals surface area contributed by atoms with E-state index in [2.05, 4.69) is 45.0 Å². The highest BCUT2D eigenvalue weighted by atomic mass is 16.4. The van der Waals surface area contributed by atoms with Gasteiger partial charge in [-0.15, -0.1) is 0 Å². The van der Waals surface area contributed by atoms with Crippen LogP contribution in [0.2, 0.25) is 0 Å². The highest BCUT2D eigenvalue weighted by Crippen LogP contribution is 2.38. The van der Waals surface area contributed by atoms with E-state index in [-0.39, 0.29) is 23.3 Å². The Hall–Kier alpha value is -1.35. The lowest BCUT2D eigenvalue weighted by Gasteiger charge is -2.21. The number of benzene rings is 1. The van der Waals surface area contributed by atoms with Gasteiger partial charge >= 0.3 is 5.97 Å². The molecule has 104 valence electrons. The van der Waals surface area contributed by atoms with Crippen LogP contribution in [-0.2, 0) is 10.2 Å². The minimum absolute atomic E-state index is 0.0402. The van der Waals surface area contributed by atoms with Gasteiger partial charge in [-0.2, -0.15) is 0 Å². The first-order chi connectivity index (χ1) is 8.79. The van der Waals surface area contributed by atoms with E-state index in [1.54, 1.807) is 0 Å². The summed E-state index contributed by atoms with van der Waals surface area (Å²) in [6.45, 7) is 6.55. The van der Waals surface area contributed by atoms with Gasteiger partial charge in [0, 0.05) is 6.04 Å². The lowest BCUT2D eigenvalue weighted by atomic mass is 9.85. The van der Waals surface area contributed by atoms with Gasteiger partial charge in [-0.25, -0.2) is 0 Å². The molecule has 0 aliphatic heterocycles.